The van der Waals surface area contributed by atoms with E-state index < -0.39 is 18.1 Å². The first kappa shape index (κ1) is 14.0. The van der Waals surface area contributed by atoms with Crippen molar-refractivity contribution < 1.29 is 19.1 Å². The Hall–Kier alpha value is -1.40. The van der Waals surface area contributed by atoms with Crippen LogP contribution in [-0.2, 0) is 19.1 Å². The van der Waals surface area contributed by atoms with Gasteiger partial charge in [-0.25, -0.2) is 0 Å². The topological polar surface area (TPSA) is 67.9 Å². The lowest BCUT2D eigenvalue weighted by molar-refractivity contribution is -0.151. The molecule has 1 amide bonds. The summed E-state index contributed by atoms with van der Waals surface area (Å²) < 4.78 is 10.1. The third-order valence-corrected chi connectivity index (χ3v) is 3.42. The molecule has 2 unspecified atom stereocenters. The lowest BCUT2D eigenvalue weighted by Gasteiger charge is -2.37. The van der Waals surface area contributed by atoms with Crippen molar-refractivity contribution in [3.8, 4) is 0 Å². The van der Waals surface area contributed by atoms with Crippen LogP contribution in [0.1, 0.15) is 12.8 Å². The van der Waals surface area contributed by atoms with Crippen molar-refractivity contribution in [2.45, 2.75) is 31.0 Å². The van der Waals surface area contributed by atoms with Crippen molar-refractivity contribution in [3.63, 3.8) is 0 Å². The largest absolute Gasteiger partial charge is 0.468 e. The number of carbonyl (C=O) groups excluding carboxylic acids is 2. The van der Waals surface area contributed by atoms with Crippen molar-refractivity contribution in [1.29, 1.82) is 0 Å². The first-order valence-electron chi connectivity index (χ1n) is 6.51. The molecular weight excluding hydrogens is 248 g/mol. The smallest absolute Gasteiger partial charge is 0.327 e. The molecule has 1 aliphatic carbocycles. The van der Waals surface area contributed by atoms with E-state index in [1.807, 2.05) is 0 Å². The number of rotatable bonds is 5. The fourth-order valence-electron chi connectivity index (χ4n) is 2.19. The van der Waals surface area contributed by atoms with Crippen LogP contribution < -0.4 is 5.32 Å². The maximum Gasteiger partial charge on any atom is 0.327 e. The van der Waals surface area contributed by atoms with E-state index in [0.717, 1.165) is 12.8 Å². The number of esters is 1. The summed E-state index contributed by atoms with van der Waals surface area (Å²) in [4.78, 5) is 25.7. The summed E-state index contributed by atoms with van der Waals surface area (Å²) in [5, 5.41) is 2.94. The lowest BCUT2D eigenvalue weighted by atomic mass is 10.1. The molecular formula is C13H20N2O4. The molecule has 19 heavy (non-hydrogen) atoms. The fourth-order valence-corrected chi connectivity index (χ4v) is 2.19. The molecule has 1 saturated carbocycles. The molecule has 2 aliphatic rings. The van der Waals surface area contributed by atoms with Crippen LogP contribution in [0.15, 0.2) is 12.7 Å². The Morgan fingerprint density at radius 2 is 2.26 bits per heavy atom. The summed E-state index contributed by atoms with van der Waals surface area (Å²) in [6.07, 6.45) is 3.57. The highest BCUT2D eigenvalue weighted by molar-refractivity contribution is 5.84. The summed E-state index contributed by atoms with van der Waals surface area (Å²) in [5.41, 5.74) is 0. The van der Waals surface area contributed by atoms with Gasteiger partial charge in [-0.3, -0.25) is 14.5 Å². The summed E-state index contributed by atoms with van der Waals surface area (Å²) >= 11 is 0. The van der Waals surface area contributed by atoms with Crippen LogP contribution in [0, 0.1) is 0 Å². The molecule has 0 spiro atoms. The fraction of sp³-hybridized carbons (Fsp3) is 0.692. The Balaban J connectivity index is 2.06. The highest BCUT2D eigenvalue weighted by Crippen LogP contribution is 2.20. The Kier molecular flexibility index (Phi) is 4.55. The first-order valence-corrected chi connectivity index (χ1v) is 6.51. The zero-order valence-electron chi connectivity index (χ0n) is 11.1. The molecule has 0 aromatic heterocycles. The second-order valence-electron chi connectivity index (χ2n) is 4.82. The quantitative estimate of drug-likeness (QED) is 0.547. The normalized spacial score (nSPS) is 25.4. The average molecular weight is 268 g/mol. The zero-order chi connectivity index (χ0) is 13.8. The van der Waals surface area contributed by atoms with Crippen LogP contribution in [0.25, 0.3) is 0 Å². The monoisotopic (exact) mass is 268 g/mol. The maximum atomic E-state index is 12.2. The van der Waals surface area contributed by atoms with Gasteiger partial charge in [-0.05, 0) is 12.8 Å². The third kappa shape index (κ3) is 3.33. The van der Waals surface area contributed by atoms with Crippen LogP contribution in [-0.4, -0.2) is 61.8 Å². The van der Waals surface area contributed by atoms with Gasteiger partial charge in [0, 0.05) is 12.6 Å². The van der Waals surface area contributed by atoms with E-state index in [0.29, 0.717) is 19.8 Å². The lowest BCUT2D eigenvalue weighted by Crippen LogP contribution is -2.59. The van der Waals surface area contributed by atoms with Gasteiger partial charge >= 0.3 is 5.97 Å². The van der Waals surface area contributed by atoms with Crippen LogP contribution in [0.4, 0.5) is 0 Å². The van der Waals surface area contributed by atoms with Gasteiger partial charge in [-0.2, -0.15) is 0 Å². The zero-order valence-corrected chi connectivity index (χ0v) is 11.1. The van der Waals surface area contributed by atoms with Crippen molar-refractivity contribution in [1.82, 2.24) is 10.2 Å². The van der Waals surface area contributed by atoms with Crippen LogP contribution in [0.3, 0.4) is 0 Å². The number of carbonyl (C=O) groups is 2. The van der Waals surface area contributed by atoms with Crippen molar-refractivity contribution in [2.75, 3.05) is 26.9 Å². The average Bonchev–Trinajstić information content (AvgIpc) is 3.23. The standard InChI is InChI=1S/C13H20N2O4/c1-3-10(13(17)18-2)15-6-7-19-8-11(15)12(16)14-9-4-5-9/h3,9-11H,1,4-8H2,2H3,(H,14,16). The Morgan fingerprint density at radius 1 is 1.53 bits per heavy atom. The second-order valence-corrected chi connectivity index (χ2v) is 4.82. The van der Waals surface area contributed by atoms with Crippen molar-refractivity contribution in [2.24, 2.45) is 0 Å². The van der Waals surface area contributed by atoms with Gasteiger partial charge in [0.05, 0.1) is 20.3 Å². The SMILES string of the molecule is C=CC(C(=O)OC)N1CCOCC1C(=O)NC1CC1. The van der Waals surface area contributed by atoms with Crippen LogP contribution >= 0.6 is 0 Å². The summed E-state index contributed by atoms with van der Waals surface area (Å²) in [7, 11) is 1.33. The molecule has 1 aliphatic heterocycles. The number of morpholine rings is 1. The summed E-state index contributed by atoms with van der Waals surface area (Å²) in [5.74, 6) is -0.487. The highest BCUT2D eigenvalue weighted by atomic mass is 16.5. The number of hydrogen-bond acceptors (Lipinski definition) is 5. The minimum Gasteiger partial charge on any atom is -0.468 e. The Labute approximate surface area is 112 Å². The van der Waals surface area contributed by atoms with E-state index in [-0.39, 0.29) is 11.9 Å². The van der Waals surface area contributed by atoms with E-state index in [1.165, 1.54) is 13.2 Å². The predicted molar refractivity (Wildman–Crippen MR) is 68.5 cm³/mol. The number of nitrogens with one attached hydrogen (secondary N) is 1. The van der Waals surface area contributed by atoms with Gasteiger partial charge in [0.15, 0.2) is 0 Å². The molecule has 1 heterocycles. The van der Waals surface area contributed by atoms with Gasteiger partial charge in [-0.1, -0.05) is 6.08 Å². The van der Waals surface area contributed by atoms with Gasteiger partial charge in [0.1, 0.15) is 12.1 Å². The molecule has 2 fully saturated rings. The summed E-state index contributed by atoms with van der Waals surface area (Å²) in [6, 6.07) is -0.781. The van der Waals surface area contributed by atoms with Gasteiger partial charge < -0.3 is 14.8 Å². The number of amides is 1. The maximum absolute atomic E-state index is 12.2. The van der Waals surface area contributed by atoms with Gasteiger partial charge in [0.2, 0.25) is 5.91 Å². The number of methoxy groups -OCH3 is 1. The van der Waals surface area contributed by atoms with Crippen LogP contribution in [0.5, 0.6) is 0 Å². The van der Waals surface area contributed by atoms with Crippen molar-refractivity contribution in [3.05, 3.63) is 12.7 Å². The Morgan fingerprint density at radius 3 is 2.84 bits per heavy atom. The van der Waals surface area contributed by atoms with Gasteiger partial charge in [0.25, 0.3) is 0 Å². The molecule has 2 rings (SSSR count). The van der Waals surface area contributed by atoms with E-state index in [1.54, 1.807) is 4.90 Å². The molecule has 0 aromatic carbocycles. The van der Waals surface area contributed by atoms with Gasteiger partial charge in [-0.15, -0.1) is 6.58 Å². The summed E-state index contributed by atoms with van der Waals surface area (Å²) in [6.45, 7) is 4.95. The molecule has 1 N–H and O–H groups in total. The van der Waals surface area contributed by atoms with Crippen molar-refractivity contribution >= 4 is 11.9 Å². The molecule has 6 heteroatoms. The number of nitrogens with zero attached hydrogens (tertiary/aromatic N) is 1. The molecule has 6 nitrogen and oxygen atoms in total. The van der Waals surface area contributed by atoms with E-state index in [4.69, 9.17) is 9.47 Å². The molecule has 0 aromatic rings. The third-order valence-electron chi connectivity index (χ3n) is 3.42. The highest BCUT2D eigenvalue weighted by Gasteiger charge is 2.38. The van der Waals surface area contributed by atoms with E-state index >= 15 is 0 Å². The molecule has 0 radical (unpaired) electrons. The minimum absolute atomic E-state index is 0.0852. The molecule has 0 bridgehead atoms. The molecule has 106 valence electrons. The van der Waals surface area contributed by atoms with E-state index in [2.05, 4.69) is 11.9 Å². The number of hydrogen-bond donors (Lipinski definition) is 1. The number of ether oxygens (including phenoxy) is 2. The molecule has 1 saturated heterocycles. The minimum atomic E-state index is -0.608. The predicted octanol–water partition coefficient (Wildman–Crippen LogP) is -0.307. The Bertz CT molecular complexity index is 368. The molecule has 2 atom stereocenters. The first-order chi connectivity index (χ1) is 9.17. The van der Waals surface area contributed by atoms with E-state index in [9.17, 15) is 9.59 Å². The second kappa shape index (κ2) is 6.16. The van der Waals surface area contributed by atoms with Crippen LogP contribution in [0.2, 0.25) is 0 Å².